The molecule has 3 aromatic carbocycles. The molecular weight excluding hydrogens is 456 g/mol. The van der Waals surface area contributed by atoms with Crippen LogP contribution in [-0.4, -0.2) is 34.3 Å². The molecule has 0 saturated heterocycles. The molecule has 0 aromatic heterocycles. The number of hydrogen-bond donors (Lipinski definition) is 2. The summed E-state index contributed by atoms with van der Waals surface area (Å²) in [5, 5.41) is 3.79. The molecule has 0 atom stereocenters. The molecule has 172 valence electrons. The van der Waals surface area contributed by atoms with Gasteiger partial charge in [0.2, 0.25) is 0 Å². The fraction of sp³-hybridized carbons (Fsp3) is 0.0909. The van der Waals surface area contributed by atoms with Crippen molar-refractivity contribution in [2.24, 2.45) is 5.10 Å². The number of ether oxygens (including phenoxy) is 2. The number of halogens is 2. The van der Waals surface area contributed by atoms with E-state index in [0.29, 0.717) is 17.0 Å². The Morgan fingerprint density at radius 3 is 2.30 bits per heavy atom. The van der Waals surface area contributed by atoms with Gasteiger partial charge in [-0.1, -0.05) is 6.07 Å². The van der Waals surface area contributed by atoms with Crippen LogP contribution in [0.5, 0.6) is 11.5 Å². The van der Waals surface area contributed by atoms with Crippen molar-refractivity contribution in [3.63, 3.8) is 0 Å². The van der Waals surface area contributed by atoms with Gasteiger partial charge in [-0.25, -0.2) is 13.8 Å². The Labute approximate surface area is 188 Å². The summed E-state index contributed by atoms with van der Waals surface area (Å²) < 4.78 is 61.4. The van der Waals surface area contributed by atoms with Gasteiger partial charge in [0.05, 0.1) is 18.2 Å². The van der Waals surface area contributed by atoms with Crippen LogP contribution in [0.2, 0.25) is 0 Å². The molecule has 0 aliphatic rings. The average molecular weight is 475 g/mol. The summed E-state index contributed by atoms with van der Waals surface area (Å²) in [5.41, 5.74) is 3.22. The van der Waals surface area contributed by atoms with E-state index in [9.17, 15) is 22.0 Å². The zero-order valence-electron chi connectivity index (χ0n) is 17.2. The highest BCUT2D eigenvalue weighted by atomic mass is 32.2. The lowest BCUT2D eigenvalue weighted by Crippen LogP contribution is -2.19. The molecule has 0 unspecified atom stereocenters. The van der Waals surface area contributed by atoms with Crippen molar-refractivity contribution in [3.8, 4) is 11.5 Å². The molecule has 0 fully saturated rings. The number of hydrazone groups is 1. The second-order valence-electron chi connectivity index (χ2n) is 6.51. The van der Waals surface area contributed by atoms with Crippen LogP contribution in [-0.2, 0) is 10.0 Å². The Balaban J connectivity index is 1.65. The molecule has 11 heteroatoms. The molecule has 0 saturated carbocycles. The SMILES string of the molecule is COc1ccc(NS(=O)(=O)c2cccc(C(=O)NN=Cc3ccc(OC(F)F)cc3)c2)cc1. The maximum Gasteiger partial charge on any atom is 0.387 e. The van der Waals surface area contributed by atoms with Gasteiger partial charge >= 0.3 is 6.61 Å². The number of carbonyl (C=O) groups excluding carboxylic acids is 1. The van der Waals surface area contributed by atoms with Crippen molar-refractivity contribution >= 4 is 27.8 Å². The Bertz CT molecular complexity index is 1230. The second-order valence-corrected chi connectivity index (χ2v) is 8.19. The molecule has 8 nitrogen and oxygen atoms in total. The van der Waals surface area contributed by atoms with Crippen molar-refractivity contribution in [2.45, 2.75) is 11.5 Å². The van der Waals surface area contributed by atoms with Gasteiger partial charge in [-0.15, -0.1) is 0 Å². The Kier molecular flexibility index (Phi) is 7.57. The first-order valence-electron chi connectivity index (χ1n) is 9.42. The van der Waals surface area contributed by atoms with Gasteiger partial charge in [-0.05, 0) is 72.3 Å². The molecule has 0 aliphatic carbocycles. The molecular formula is C22H19F2N3O5S. The summed E-state index contributed by atoms with van der Waals surface area (Å²) >= 11 is 0. The summed E-state index contributed by atoms with van der Waals surface area (Å²) in [6.45, 7) is -2.92. The van der Waals surface area contributed by atoms with Crippen molar-refractivity contribution in [2.75, 3.05) is 11.8 Å². The fourth-order valence-corrected chi connectivity index (χ4v) is 3.75. The van der Waals surface area contributed by atoms with E-state index in [1.54, 1.807) is 24.3 Å². The lowest BCUT2D eigenvalue weighted by molar-refractivity contribution is -0.0498. The summed E-state index contributed by atoms with van der Waals surface area (Å²) in [6.07, 6.45) is 1.30. The molecule has 0 aliphatic heterocycles. The zero-order chi connectivity index (χ0) is 23.8. The van der Waals surface area contributed by atoms with E-state index in [4.69, 9.17) is 4.74 Å². The molecule has 0 bridgehead atoms. The first-order chi connectivity index (χ1) is 15.8. The van der Waals surface area contributed by atoms with Crippen LogP contribution in [0.4, 0.5) is 14.5 Å². The van der Waals surface area contributed by atoms with E-state index in [-0.39, 0.29) is 16.2 Å². The van der Waals surface area contributed by atoms with Crippen molar-refractivity contribution in [1.29, 1.82) is 0 Å². The topological polar surface area (TPSA) is 106 Å². The monoisotopic (exact) mass is 475 g/mol. The Hall–Kier alpha value is -3.99. The summed E-state index contributed by atoms with van der Waals surface area (Å²) in [4.78, 5) is 12.3. The molecule has 0 heterocycles. The van der Waals surface area contributed by atoms with E-state index in [0.717, 1.165) is 0 Å². The summed E-state index contributed by atoms with van der Waals surface area (Å²) in [6, 6.07) is 17.4. The van der Waals surface area contributed by atoms with Crippen molar-refractivity contribution in [3.05, 3.63) is 83.9 Å². The van der Waals surface area contributed by atoms with Crippen LogP contribution in [0.1, 0.15) is 15.9 Å². The lowest BCUT2D eigenvalue weighted by Gasteiger charge is -2.10. The largest absolute Gasteiger partial charge is 0.497 e. The highest BCUT2D eigenvalue weighted by molar-refractivity contribution is 7.92. The highest BCUT2D eigenvalue weighted by Gasteiger charge is 2.16. The van der Waals surface area contributed by atoms with Crippen LogP contribution in [0.25, 0.3) is 0 Å². The van der Waals surface area contributed by atoms with Gasteiger partial charge in [-0.3, -0.25) is 9.52 Å². The minimum absolute atomic E-state index is 0.00698. The second kappa shape index (κ2) is 10.6. The van der Waals surface area contributed by atoms with Crippen LogP contribution in [0.15, 0.2) is 82.8 Å². The maximum atomic E-state index is 12.7. The van der Waals surface area contributed by atoms with Gasteiger partial charge in [0, 0.05) is 11.3 Å². The zero-order valence-corrected chi connectivity index (χ0v) is 18.1. The fourth-order valence-electron chi connectivity index (χ4n) is 2.64. The number of rotatable bonds is 9. The molecule has 33 heavy (non-hydrogen) atoms. The van der Waals surface area contributed by atoms with Gasteiger partial charge in [0.25, 0.3) is 15.9 Å². The maximum absolute atomic E-state index is 12.7. The number of hydrogen-bond acceptors (Lipinski definition) is 6. The van der Waals surface area contributed by atoms with Crippen molar-refractivity contribution in [1.82, 2.24) is 5.43 Å². The lowest BCUT2D eigenvalue weighted by atomic mass is 10.2. The number of nitrogens with one attached hydrogen (secondary N) is 2. The number of alkyl halides is 2. The van der Waals surface area contributed by atoms with E-state index < -0.39 is 22.5 Å². The number of amides is 1. The van der Waals surface area contributed by atoms with Crippen molar-refractivity contribution < 1.29 is 31.5 Å². The molecule has 1 amide bonds. The third-order valence-corrected chi connectivity index (χ3v) is 5.61. The average Bonchev–Trinajstić information content (AvgIpc) is 2.80. The van der Waals surface area contributed by atoms with E-state index >= 15 is 0 Å². The normalized spacial score (nSPS) is 11.4. The Morgan fingerprint density at radius 1 is 1.00 bits per heavy atom. The molecule has 3 aromatic rings. The number of sulfonamides is 1. The predicted octanol–water partition coefficient (Wildman–Crippen LogP) is 3.86. The molecule has 2 N–H and O–H groups in total. The van der Waals surface area contributed by atoms with Crippen LogP contribution in [0, 0.1) is 0 Å². The number of nitrogens with zero attached hydrogens (tertiary/aromatic N) is 1. The minimum atomic E-state index is -3.94. The van der Waals surface area contributed by atoms with Crippen LogP contribution >= 0.6 is 0 Å². The number of benzene rings is 3. The first kappa shape index (κ1) is 23.7. The van der Waals surface area contributed by atoms with E-state index in [1.165, 1.54) is 61.9 Å². The number of anilines is 1. The van der Waals surface area contributed by atoms with Gasteiger partial charge in [0.1, 0.15) is 11.5 Å². The van der Waals surface area contributed by atoms with Gasteiger partial charge < -0.3 is 9.47 Å². The molecule has 0 radical (unpaired) electrons. The molecule has 0 spiro atoms. The quantitative estimate of drug-likeness (QED) is 0.361. The minimum Gasteiger partial charge on any atom is -0.497 e. The molecule has 3 rings (SSSR count). The van der Waals surface area contributed by atoms with Crippen LogP contribution in [0.3, 0.4) is 0 Å². The standard InChI is InChI=1S/C22H19F2N3O5S/c1-31-18-11-7-17(8-12-18)27-33(29,30)20-4-2-3-16(13-20)21(28)26-25-14-15-5-9-19(10-6-15)32-22(23)24/h2-14,22,27H,1H3,(H,26,28). The Morgan fingerprint density at radius 2 is 1.67 bits per heavy atom. The smallest absolute Gasteiger partial charge is 0.387 e. The summed E-state index contributed by atoms with van der Waals surface area (Å²) in [5.74, 6) is -0.0625. The third-order valence-electron chi connectivity index (χ3n) is 4.23. The van der Waals surface area contributed by atoms with Crippen LogP contribution < -0.4 is 19.6 Å². The van der Waals surface area contributed by atoms with E-state index in [2.05, 4.69) is 20.0 Å². The van der Waals surface area contributed by atoms with Gasteiger partial charge in [-0.2, -0.15) is 13.9 Å². The van der Waals surface area contributed by atoms with E-state index in [1.807, 2.05) is 0 Å². The van der Waals surface area contributed by atoms with Gasteiger partial charge in [0.15, 0.2) is 0 Å². The first-order valence-corrected chi connectivity index (χ1v) is 10.9. The predicted molar refractivity (Wildman–Crippen MR) is 118 cm³/mol. The number of methoxy groups -OCH3 is 1. The number of carbonyl (C=O) groups is 1. The highest BCUT2D eigenvalue weighted by Crippen LogP contribution is 2.20. The summed E-state index contributed by atoms with van der Waals surface area (Å²) in [7, 11) is -2.44. The third kappa shape index (κ3) is 6.74.